The third kappa shape index (κ3) is 2.95. The summed E-state index contributed by atoms with van der Waals surface area (Å²) in [6.45, 7) is 1.78. The van der Waals surface area contributed by atoms with Gasteiger partial charge in [-0.25, -0.2) is 4.79 Å². The zero-order valence-electron chi connectivity index (χ0n) is 10.7. The molecule has 1 aromatic carbocycles. The van der Waals surface area contributed by atoms with Crippen molar-refractivity contribution in [2.45, 2.75) is 6.92 Å². The number of aliphatic carboxylic acids is 1. The molecule has 0 saturated heterocycles. The maximum atomic E-state index is 11.9. The van der Waals surface area contributed by atoms with Gasteiger partial charge < -0.3 is 10.2 Å². The van der Waals surface area contributed by atoms with Crippen LogP contribution in [0.4, 0.5) is 0 Å². The molecule has 1 heterocycles. The first-order valence-corrected chi connectivity index (χ1v) is 6.65. The normalized spacial score (nSPS) is 11.3. The van der Waals surface area contributed by atoms with Crippen molar-refractivity contribution >= 4 is 23.1 Å². The Morgan fingerprint density at radius 2 is 1.80 bits per heavy atom. The summed E-state index contributed by atoms with van der Waals surface area (Å²) in [4.78, 5) is 23.8. The zero-order valence-corrected chi connectivity index (χ0v) is 11.5. The fraction of sp³-hybridized carbons (Fsp3) is 0.0667. The maximum Gasteiger partial charge on any atom is 0.371 e. The molecule has 102 valence electrons. The van der Waals surface area contributed by atoms with Gasteiger partial charge in [0, 0.05) is 11.0 Å². The van der Waals surface area contributed by atoms with Crippen molar-refractivity contribution in [2.24, 2.45) is 0 Å². The topological polar surface area (TPSA) is 74.6 Å². The second-order valence-electron chi connectivity index (χ2n) is 4.19. The number of carboxylic acids is 1. The van der Waals surface area contributed by atoms with Gasteiger partial charge in [-0.05, 0) is 24.1 Å². The van der Waals surface area contributed by atoms with Crippen molar-refractivity contribution in [1.82, 2.24) is 0 Å². The van der Waals surface area contributed by atoms with Crippen molar-refractivity contribution < 1.29 is 19.8 Å². The highest BCUT2D eigenvalue weighted by Crippen LogP contribution is 2.31. The summed E-state index contributed by atoms with van der Waals surface area (Å²) in [6, 6.07) is 11.5. The van der Waals surface area contributed by atoms with E-state index in [1.165, 1.54) is 11.3 Å². The van der Waals surface area contributed by atoms with E-state index in [0.29, 0.717) is 4.88 Å². The molecule has 0 atom stereocenters. The third-order valence-electron chi connectivity index (χ3n) is 2.69. The molecule has 0 radical (unpaired) electrons. The van der Waals surface area contributed by atoms with Crippen LogP contribution in [0.25, 0.3) is 10.4 Å². The standard InChI is InChI=1S/C15H12O4S/c1-9-7-13(10-5-3-2-4-6-10)20-14(9)11(16)8-12(17)15(18)19/h2-8,17H,1H3,(H,18,19). The first kappa shape index (κ1) is 14.0. The number of ketones is 1. The van der Waals surface area contributed by atoms with E-state index in [0.717, 1.165) is 22.1 Å². The molecule has 20 heavy (non-hydrogen) atoms. The number of benzene rings is 1. The highest BCUT2D eigenvalue weighted by Gasteiger charge is 2.15. The molecule has 0 aliphatic heterocycles. The summed E-state index contributed by atoms with van der Waals surface area (Å²) < 4.78 is 0. The minimum atomic E-state index is -1.52. The quantitative estimate of drug-likeness (QED) is 0.513. The molecule has 5 heteroatoms. The lowest BCUT2D eigenvalue weighted by molar-refractivity contribution is -0.135. The minimum absolute atomic E-state index is 0.427. The number of aliphatic hydroxyl groups is 1. The number of aliphatic hydroxyl groups excluding tert-OH is 1. The van der Waals surface area contributed by atoms with Crippen molar-refractivity contribution in [3.63, 3.8) is 0 Å². The predicted molar refractivity (Wildman–Crippen MR) is 77.2 cm³/mol. The first-order valence-electron chi connectivity index (χ1n) is 5.83. The average Bonchev–Trinajstić information content (AvgIpc) is 2.81. The Bertz CT molecular complexity index is 683. The Morgan fingerprint density at radius 1 is 1.15 bits per heavy atom. The fourth-order valence-electron chi connectivity index (χ4n) is 1.72. The summed E-state index contributed by atoms with van der Waals surface area (Å²) in [5.74, 6) is -2.98. The lowest BCUT2D eigenvalue weighted by Crippen LogP contribution is -2.03. The first-order chi connectivity index (χ1) is 9.49. The number of rotatable bonds is 4. The maximum absolute atomic E-state index is 11.9. The minimum Gasteiger partial charge on any atom is -0.502 e. The van der Waals surface area contributed by atoms with Crippen LogP contribution in [0, 0.1) is 6.92 Å². The SMILES string of the molecule is Cc1cc(-c2ccccc2)sc1C(=O)C=C(O)C(=O)O. The number of carboxylic acid groups (broad SMARTS) is 1. The number of hydrogen-bond donors (Lipinski definition) is 2. The molecule has 0 saturated carbocycles. The highest BCUT2D eigenvalue weighted by atomic mass is 32.1. The summed E-state index contributed by atoms with van der Waals surface area (Å²) >= 11 is 1.28. The number of hydrogen-bond acceptors (Lipinski definition) is 4. The fourth-order valence-corrected chi connectivity index (χ4v) is 2.81. The van der Waals surface area contributed by atoms with E-state index in [1.807, 2.05) is 36.4 Å². The molecule has 0 bridgehead atoms. The van der Waals surface area contributed by atoms with Gasteiger partial charge in [0.2, 0.25) is 5.76 Å². The van der Waals surface area contributed by atoms with Gasteiger partial charge in [-0.2, -0.15) is 0 Å². The summed E-state index contributed by atoms with van der Waals surface area (Å²) in [5.41, 5.74) is 1.75. The van der Waals surface area contributed by atoms with E-state index >= 15 is 0 Å². The van der Waals surface area contributed by atoms with E-state index in [1.54, 1.807) is 6.92 Å². The third-order valence-corrected chi connectivity index (χ3v) is 3.99. The van der Waals surface area contributed by atoms with Crippen LogP contribution in [0.1, 0.15) is 15.2 Å². The van der Waals surface area contributed by atoms with Crippen LogP contribution >= 0.6 is 11.3 Å². The number of allylic oxidation sites excluding steroid dienone is 1. The van der Waals surface area contributed by atoms with Crippen molar-refractivity contribution in [3.05, 3.63) is 58.7 Å². The van der Waals surface area contributed by atoms with E-state index in [4.69, 9.17) is 10.2 Å². The van der Waals surface area contributed by atoms with E-state index in [-0.39, 0.29) is 0 Å². The van der Waals surface area contributed by atoms with Crippen LogP contribution in [-0.4, -0.2) is 22.0 Å². The van der Waals surface area contributed by atoms with E-state index in [9.17, 15) is 9.59 Å². The van der Waals surface area contributed by atoms with E-state index < -0.39 is 17.5 Å². The summed E-state index contributed by atoms with van der Waals surface area (Å²) in [7, 11) is 0. The van der Waals surface area contributed by atoms with Gasteiger partial charge in [0.05, 0.1) is 4.88 Å². The zero-order chi connectivity index (χ0) is 14.7. The highest BCUT2D eigenvalue weighted by molar-refractivity contribution is 7.17. The van der Waals surface area contributed by atoms with Crippen LogP contribution in [0.3, 0.4) is 0 Å². The molecule has 0 amide bonds. The van der Waals surface area contributed by atoms with Crippen molar-refractivity contribution in [1.29, 1.82) is 0 Å². The second-order valence-corrected chi connectivity index (χ2v) is 5.24. The lowest BCUT2D eigenvalue weighted by Gasteiger charge is -1.95. The van der Waals surface area contributed by atoms with Gasteiger partial charge in [0.1, 0.15) is 0 Å². The van der Waals surface area contributed by atoms with Crippen LogP contribution in [-0.2, 0) is 4.79 Å². The van der Waals surface area contributed by atoms with Gasteiger partial charge in [0.15, 0.2) is 5.78 Å². The van der Waals surface area contributed by atoms with Crippen LogP contribution in [0.15, 0.2) is 48.2 Å². The van der Waals surface area contributed by atoms with Crippen molar-refractivity contribution in [2.75, 3.05) is 0 Å². The van der Waals surface area contributed by atoms with Gasteiger partial charge in [-0.1, -0.05) is 30.3 Å². The number of carbonyl (C=O) groups is 2. The van der Waals surface area contributed by atoms with Gasteiger partial charge in [0.25, 0.3) is 0 Å². The van der Waals surface area contributed by atoms with Gasteiger partial charge in [-0.15, -0.1) is 11.3 Å². The number of aryl methyl sites for hydroxylation is 1. The molecule has 0 aliphatic rings. The predicted octanol–water partition coefficient (Wildman–Crippen LogP) is 3.43. The molecule has 2 aromatic rings. The molecular weight excluding hydrogens is 276 g/mol. The molecular formula is C15H12O4S. The number of carbonyl (C=O) groups excluding carboxylic acids is 1. The molecule has 4 nitrogen and oxygen atoms in total. The average molecular weight is 288 g/mol. The van der Waals surface area contributed by atoms with Crippen LogP contribution in [0.5, 0.6) is 0 Å². The molecule has 2 rings (SSSR count). The Hall–Kier alpha value is -2.40. The van der Waals surface area contributed by atoms with E-state index in [2.05, 4.69) is 0 Å². The molecule has 0 aliphatic carbocycles. The summed E-state index contributed by atoms with van der Waals surface area (Å²) in [5, 5.41) is 17.7. The Kier molecular flexibility index (Phi) is 4.00. The van der Waals surface area contributed by atoms with Gasteiger partial charge >= 0.3 is 5.97 Å². The summed E-state index contributed by atoms with van der Waals surface area (Å²) in [6.07, 6.45) is 0.732. The molecule has 2 N–H and O–H groups in total. The van der Waals surface area contributed by atoms with Gasteiger partial charge in [-0.3, -0.25) is 4.79 Å². The van der Waals surface area contributed by atoms with Crippen LogP contribution in [0.2, 0.25) is 0 Å². The number of thiophene rings is 1. The monoisotopic (exact) mass is 288 g/mol. The van der Waals surface area contributed by atoms with Crippen molar-refractivity contribution in [3.8, 4) is 10.4 Å². The molecule has 0 spiro atoms. The Labute approximate surface area is 119 Å². The largest absolute Gasteiger partial charge is 0.502 e. The second kappa shape index (κ2) is 5.71. The Morgan fingerprint density at radius 3 is 2.40 bits per heavy atom. The molecule has 0 fully saturated rings. The smallest absolute Gasteiger partial charge is 0.371 e. The lowest BCUT2D eigenvalue weighted by atomic mass is 10.1. The molecule has 1 aromatic heterocycles. The molecule has 0 unspecified atom stereocenters. The Balaban J connectivity index is 2.36. The van der Waals surface area contributed by atoms with Crippen LogP contribution < -0.4 is 0 Å².